The Morgan fingerprint density at radius 3 is 2.35 bits per heavy atom. The van der Waals surface area contributed by atoms with E-state index >= 15 is 0 Å². The summed E-state index contributed by atoms with van der Waals surface area (Å²) in [5.41, 5.74) is 1.90. The normalized spacial score (nSPS) is 10.1. The average Bonchev–Trinajstić information content (AvgIpc) is 2.56. The second kappa shape index (κ2) is 8.73. The lowest BCUT2D eigenvalue weighted by Gasteiger charge is -2.08. The van der Waals surface area contributed by atoms with Gasteiger partial charge in [0.2, 0.25) is 5.91 Å². The van der Waals surface area contributed by atoms with Gasteiger partial charge < -0.3 is 10.6 Å². The first-order chi connectivity index (χ1) is 11.2. The van der Waals surface area contributed by atoms with Crippen LogP contribution in [0.2, 0.25) is 0 Å². The Hall–Kier alpha value is -2.62. The molecule has 0 aliphatic heterocycles. The van der Waals surface area contributed by atoms with E-state index in [4.69, 9.17) is 0 Å². The van der Waals surface area contributed by atoms with E-state index in [0.717, 1.165) is 24.9 Å². The van der Waals surface area contributed by atoms with Crippen molar-refractivity contribution in [1.29, 1.82) is 0 Å². The molecule has 2 rings (SSSR count). The van der Waals surface area contributed by atoms with Gasteiger partial charge in [0, 0.05) is 23.4 Å². The van der Waals surface area contributed by atoms with Gasteiger partial charge in [-0.25, -0.2) is 0 Å². The molecule has 0 saturated carbocycles. The molecular weight excluding hydrogens is 288 g/mol. The number of nitrogens with one attached hydrogen (secondary N) is 2. The molecule has 0 aliphatic rings. The second-order valence-corrected chi connectivity index (χ2v) is 5.41. The molecule has 0 radical (unpaired) electrons. The van der Waals surface area contributed by atoms with Crippen LogP contribution in [0.25, 0.3) is 0 Å². The van der Waals surface area contributed by atoms with Crippen LogP contribution in [0, 0.1) is 0 Å². The monoisotopic (exact) mass is 310 g/mol. The molecule has 120 valence electrons. The third-order valence-corrected chi connectivity index (χ3v) is 3.45. The largest absolute Gasteiger partial charge is 0.326 e. The van der Waals surface area contributed by atoms with E-state index in [1.807, 2.05) is 30.3 Å². The first-order valence-electron chi connectivity index (χ1n) is 7.95. The Kier molecular flexibility index (Phi) is 6.36. The van der Waals surface area contributed by atoms with Crippen LogP contribution in [-0.4, -0.2) is 11.8 Å². The van der Waals surface area contributed by atoms with Gasteiger partial charge in [0.1, 0.15) is 0 Å². The summed E-state index contributed by atoms with van der Waals surface area (Å²) in [4.78, 5) is 24.1. The minimum absolute atomic E-state index is 0.0148. The van der Waals surface area contributed by atoms with Crippen molar-refractivity contribution < 1.29 is 9.59 Å². The molecule has 4 heteroatoms. The van der Waals surface area contributed by atoms with Gasteiger partial charge in [-0.3, -0.25) is 9.59 Å². The number of hydrogen-bond donors (Lipinski definition) is 2. The lowest BCUT2D eigenvalue weighted by molar-refractivity contribution is -0.116. The van der Waals surface area contributed by atoms with Crippen LogP contribution in [0.4, 0.5) is 11.4 Å². The standard InChI is InChI=1S/C19H22N2O2/c1-2-3-5-13-18(22)20-17-12-8-9-15(14-17)19(23)21-16-10-6-4-7-11-16/h4,6-12,14H,2-3,5,13H2,1H3,(H,20,22)(H,21,23). The third-order valence-electron chi connectivity index (χ3n) is 3.45. The highest BCUT2D eigenvalue weighted by atomic mass is 16.2. The van der Waals surface area contributed by atoms with Crippen molar-refractivity contribution in [3.8, 4) is 0 Å². The van der Waals surface area contributed by atoms with Crippen LogP contribution in [0.1, 0.15) is 43.0 Å². The predicted octanol–water partition coefficient (Wildman–Crippen LogP) is 4.46. The SMILES string of the molecule is CCCCCC(=O)Nc1cccc(C(=O)Nc2ccccc2)c1. The number of anilines is 2. The highest BCUT2D eigenvalue weighted by Crippen LogP contribution is 2.14. The fraction of sp³-hybridized carbons (Fsp3) is 0.263. The topological polar surface area (TPSA) is 58.2 Å². The Bertz CT molecular complexity index is 653. The van der Waals surface area contributed by atoms with E-state index in [-0.39, 0.29) is 11.8 Å². The molecule has 0 heterocycles. The number of rotatable bonds is 7. The Morgan fingerprint density at radius 2 is 1.61 bits per heavy atom. The van der Waals surface area contributed by atoms with Crippen molar-refractivity contribution in [3.05, 3.63) is 60.2 Å². The van der Waals surface area contributed by atoms with E-state index in [1.54, 1.807) is 24.3 Å². The van der Waals surface area contributed by atoms with Crippen molar-refractivity contribution in [3.63, 3.8) is 0 Å². The lowest BCUT2D eigenvalue weighted by Crippen LogP contribution is -2.14. The highest BCUT2D eigenvalue weighted by molar-refractivity contribution is 6.05. The number of carbonyl (C=O) groups is 2. The number of carbonyl (C=O) groups excluding carboxylic acids is 2. The zero-order valence-corrected chi connectivity index (χ0v) is 13.3. The molecule has 2 N–H and O–H groups in total. The zero-order valence-electron chi connectivity index (χ0n) is 13.3. The molecule has 0 bridgehead atoms. The molecule has 0 atom stereocenters. The summed E-state index contributed by atoms with van der Waals surface area (Å²) in [7, 11) is 0. The van der Waals surface area contributed by atoms with Crippen molar-refractivity contribution in [1.82, 2.24) is 0 Å². The molecule has 0 aliphatic carbocycles. The van der Waals surface area contributed by atoms with Crippen LogP contribution < -0.4 is 10.6 Å². The number of amides is 2. The van der Waals surface area contributed by atoms with Crippen LogP contribution in [0.5, 0.6) is 0 Å². The van der Waals surface area contributed by atoms with Crippen LogP contribution in [-0.2, 0) is 4.79 Å². The van der Waals surface area contributed by atoms with Gasteiger partial charge in [0.25, 0.3) is 5.91 Å². The smallest absolute Gasteiger partial charge is 0.255 e. The minimum atomic E-state index is -0.196. The maximum Gasteiger partial charge on any atom is 0.255 e. The van der Waals surface area contributed by atoms with Crippen molar-refractivity contribution in [2.45, 2.75) is 32.6 Å². The lowest BCUT2D eigenvalue weighted by atomic mass is 10.1. The molecule has 0 saturated heterocycles. The van der Waals surface area contributed by atoms with E-state index in [1.165, 1.54) is 0 Å². The molecule has 0 unspecified atom stereocenters. The van der Waals surface area contributed by atoms with Gasteiger partial charge in [-0.2, -0.15) is 0 Å². The summed E-state index contributed by atoms with van der Waals surface area (Å²) in [5, 5.41) is 5.67. The average molecular weight is 310 g/mol. The zero-order chi connectivity index (χ0) is 16.5. The third kappa shape index (κ3) is 5.58. The number of para-hydroxylation sites is 1. The predicted molar refractivity (Wildman–Crippen MR) is 93.6 cm³/mol. The van der Waals surface area contributed by atoms with Crippen LogP contribution in [0.3, 0.4) is 0 Å². The summed E-state index contributed by atoms with van der Waals surface area (Å²) < 4.78 is 0. The molecule has 4 nitrogen and oxygen atoms in total. The second-order valence-electron chi connectivity index (χ2n) is 5.41. The first-order valence-corrected chi connectivity index (χ1v) is 7.95. The van der Waals surface area contributed by atoms with Crippen LogP contribution in [0.15, 0.2) is 54.6 Å². The van der Waals surface area contributed by atoms with Gasteiger partial charge >= 0.3 is 0 Å². The Labute approximate surface area is 136 Å². The molecule has 2 amide bonds. The van der Waals surface area contributed by atoms with E-state index in [2.05, 4.69) is 17.6 Å². The number of unbranched alkanes of at least 4 members (excludes halogenated alkanes) is 2. The van der Waals surface area contributed by atoms with Crippen molar-refractivity contribution in [2.75, 3.05) is 10.6 Å². The van der Waals surface area contributed by atoms with Crippen molar-refractivity contribution in [2.24, 2.45) is 0 Å². The molecular formula is C19H22N2O2. The summed E-state index contributed by atoms with van der Waals surface area (Å²) in [5.74, 6) is -0.211. The molecule has 2 aromatic carbocycles. The van der Waals surface area contributed by atoms with Gasteiger partial charge in [0.05, 0.1) is 0 Å². The van der Waals surface area contributed by atoms with Gasteiger partial charge in [-0.05, 0) is 36.8 Å². The van der Waals surface area contributed by atoms with E-state index in [9.17, 15) is 9.59 Å². The Balaban J connectivity index is 1.96. The maximum atomic E-state index is 12.2. The highest BCUT2D eigenvalue weighted by Gasteiger charge is 2.08. The summed E-state index contributed by atoms with van der Waals surface area (Å²) in [6.07, 6.45) is 3.53. The number of hydrogen-bond acceptors (Lipinski definition) is 2. The first kappa shape index (κ1) is 16.7. The Morgan fingerprint density at radius 1 is 0.870 bits per heavy atom. The fourth-order valence-corrected chi connectivity index (χ4v) is 2.22. The quantitative estimate of drug-likeness (QED) is 0.742. The van der Waals surface area contributed by atoms with Gasteiger partial charge in [-0.15, -0.1) is 0 Å². The summed E-state index contributed by atoms with van der Waals surface area (Å²) in [6, 6.07) is 16.3. The molecule has 2 aromatic rings. The molecule has 23 heavy (non-hydrogen) atoms. The van der Waals surface area contributed by atoms with Crippen LogP contribution >= 0.6 is 0 Å². The minimum Gasteiger partial charge on any atom is -0.326 e. The van der Waals surface area contributed by atoms with Gasteiger partial charge in [-0.1, -0.05) is 44.0 Å². The summed E-state index contributed by atoms with van der Waals surface area (Å²) in [6.45, 7) is 2.10. The molecule has 0 fully saturated rings. The molecule has 0 spiro atoms. The molecule has 0 aromatic heterocycles. The fourth-order valence-electron chi connectivity index (χ4n) is 2.22. The van der Waals surface area contributed by atoms with Crippen molar-refractivity contribution >= 4 is 23.2 Å². The van der Waals surface area contributed by atoms with E-state index in [0.29, 0.717) is 17.7 Å². The number of benzene rings is 2. The van der Waals surface area contributed by atoms with E-state index < -0.39 is 0 Å². The van der Waals surface area contributed by atoms with Gasteiger partial charge in [0.15, 0.2) is 0 Å². The maximum absolute atomic E-state index is 12.2. The summed E-state index contributed by atoms with van der Waals surface area (Å²) >= 11 is 0.